The molecule has 2 aromatic carbocycles. The molecule has 0 spiro atoms. The lowest BCUT2D eigenvalue weighted by Crippen LogP contribution is -2.07. The van der Waals surface area contributed by atoms with Crippen molar-refractivity contribution in [3.8, 4) is 11.5 Å². The van der Waals surface area contributed by atoms with Crippen molar-refractivity contribution in [1.29, 1.82) is 0 Å². The third kappa shape index (κ3) is 4.26. The lowest BCUT2D eigenvalue weighted by atomic mass is 10.1. The smallest absolute Gasteiger partial charge is 0.372 e. The summed E-state index contributed by atoms with van der Waals surface area (Å²) in [7, 11) is 0. The average molecular weight is 334 g/mol. The molecule has 0 unspecified atom stereocenters. The maximum atomic E-state index is 14.1. The van der Waals surface area contributed by atoms with Crippen LogP contribution in [-0.4, -0.2) is 11.6 Å². The number of hydrogen-bond acceptors (Lipinski definition) is 4. The van der Waals surface area contributed by atoms with E-state index in [4.69, 9.17) is 9.47 Å². The molecule has 0 aliphatic carbocycles. The molecule has 3 nitrogen and oxygen atoms in total. The normalized spacial score (nSPS) is 10.5. The van der Waals surface area contributed by atoms with Gasteiger partial charge in [0.1, 0.15) is 23.9 Å². The number of halogens is 1. The van der Waals surface area contributed by atoms with E-state index in [1.165, 1.54) is 17.7 Å². The maximum Gasteiger partial charge on any atom is 0.372 e. The minimum atomic E-state index is -0.487. The molecule has 0 saturated carbocycles. The van der Waals surface area contributed by atoms with Gasteiger partial charge in [-0.25, -0.2) is 9.18 Å². The SMILES string of the molecule is CSC(=O)Oc1cccc(F)c1COc1cc(C)c(C)cc1C. The molecule has 122 valence electrons. The fraction of sp³-hybridized carbons (Fsp3) is 0.278. The van der Waals surface area contributed by atoms with Crippen molar-refractivity contribution in [2.45, 2.75) is 27.4 Å². The molecule has 0 heterocycles. The fourth-order valence-electron chi connectivity index (χ4n) is 2.15. The monoisotopic (exact) mass is 334 g/mol. The van der Waals surface area contributed by atoms with Crippen molar-refractivity contribution in [2.75, 3.05) is 6.26 Å². The van der Waals surface area contributed by atoms with Gasteiger partial charge < -0.3 is 9.47 Å². The van der Waals surface area contributed by atoms with Gasteiger partial charge >= 0.3 is 5.30 Å². The molecule has 0 aliphatic heterocycles. The van der Waals surface area contributed by atoms with Crippen LogP contribution < -0.4 is 9.47 Å². The predicted octanol–water partition coefficient (Wildman–Crippen LogP) is 5.19. The highest BCUT2D eigenvalue weighted by Gasteiger charge is 2.14. The van der Waals surface area contributed by atoms with Crippen LogP contribution in [0.5, 0.6) is 11.5 Å². The maximum absolute atomic E-state index is 14.1. The van der Waals surface area contributed by atoms with Crippen LogP contribution >= 0.6 is 11.8 Å². The molecule has 0 fully saturated rings. The Labute approximate surface area is 139 Å². The Morgan fingerprint density at radius 1 is 1.09 bits per heavy atom. The zero-order valence-electron chi connectivity index (χ0n) is 13.6. The largest absolute Gasteiger partial charge is 0.488 e. The van der Waals surface area contributed by atoms with Crippen LogP contribution in [0.15, 0.2) is 30.3 Å². The fourth-order valence-corrected chi connectivity index (χ4v) is 2.32. The Hall–Kier alpha value is -2.01. The highest BCUT2D eigenvalue weighted by molar-refractivity contribution is 8.12. The van der Waals surface area contributed by atoms with Gasteiger partial charge in [0.15, 0.2) is 0 Å². The summed E-state index contributed by atoms with van der Waals surface area (Å²) in [5, 5.41) is -0.487. The van der Waals surface area contributed by atoms with E-state index in [-0.39, 0.29) is 17.9 Å². The van der Waals surface area contributed by atoms with Crippen molar-refractivity contribution in [3.05, 3.63) is 58.4 Å². The standard InChI is InChI=1S/C18H19FO3S/c1-11-8-13(3)17(9-12(11)2)21-10-14-15(19)6-5-7-16(14)22-18(20)23-4/h5-9H,10H2,1-4H3. The minimum absolute atomic E-state index is 0.00694. The van der Waals surface area contributed by atoms with Crippen LogP contribution in [0.2, 0.25) is 0 Å². The van der Waals surface area contributed by atoms with Gasteiger partial charge in [-0.15, -0.1) is 0 Å². The van der Waals surface area contributed by atoms with Crippen molar-refractivity contribution < 1.29 is 18.7 Å². The van der Waals surface area contributed by atoms with Gasteiger partial charge in [-0.05, 0) is 73.7 Å². The van der Waals surface area contributed by atoms with Gasteiger partial charge in [-0.1, -0.05) is 12.1 Å². The molecule has 23 heavy (non-hydrogen) atoms. The quantitative estimate of drug-likeness (QED) is 0.721. The number of carbonyl (C=O) groups excluding carboxylic acids is 1. The summed E-state index contributed by atoms with van der Waals surface area (Å²) in [5.74, 6) is 0.419. The molecular formula is C18H19FO3S. The molecule has 0 radical (unpaired) electrons. The number of carbonyl (C=O) groups is 1. The summed E-state index contributed by atoms with van der Waals surface area (Å²) in [6.07, 6.45) is 1.61. The Kier molecular flexibility index (Phi) is 5.66. The van der Waals surface area contributed by atoms with Gasteiger partial charge in [0.25, 0.3) is 0 Å². The molecule has 2 aromatic rings. The topological polar surface area (TPSA) is 35.5 Å². The number of ether oxygens (including phenoxy) is 2. The Balaban J connectivity index is 2.23. The van der Waals surface area contributed by atoms with E-state index in [1.54, 1.807) is 12.3 Å². The molecule has 0 N–H and O–H groups in total. The first-order valence-corrected chi connectivity index (χ1v) is 8.38. The van der Waals surface area contributed by atoms with Gasteiger partial charge in [0.05, 0.1) is 5.56 Å². The zero-order chi connectivity index (χ0) is 17.0. The van der Waals surface area contributed by atoms with Gasteiger partial charge in [-0.2, -0.15) is 0 Å². The van der Waals surface area contributed by atoms with Crippen molar-refractivity contribution in [2.24, 2.45) is 0 Å². The van der Waals surface area contributed by atoms with E-state index in [2.05, 4.69) is 0 Å². The Morgan fingerprint density at radius 2 is 1.78 bits per heavy atom. The van der Waals surface area contributed by atoms with Gasteiger partial charge in [0.2, 0.25) is 0 Å². The highest BCUT2D eigenvalue weighted by Crippen LogP contribution is 2.27. The van der Waals surface area contributed by atoms with Crippen LogP contribution in [0.25, 0.3) is 0 Å². The summed E-state index contributed by atoms with van der Waals surface area (Å²) in [4.78, 5) is 11.4. The van der Waals surface area contributed by atoms with Crippen molar-refractivity contribution in [3.63, 3.8) is 0 Å². The number of benzene rings is 2. The lowest BCUT2D eigenvalue weighted by molar-refractivity contribution is 0.224. The van der Waals surface area contributed by atoms with Gasteiger partial charge in [0, 0.05) is 0 Å². The first-order valence-electron chi connectivity index (χ1n) is 7.16. The van der Waals surface area contributed by atoms with Crippen LogP contribution in [0.3, 0.4) is 0 Å². The lowest BCUT2D eigenvalue weighted by Gasteiger charge is -2.14. The summed E-state index contributed by atoms with van der Waals surface area (Å²) in [6.45, 7) is 5.96. The molecule has 0 aliphatic rings. The number of hydrogen-bond donors (Lipinski definition) is 0. The second-order valence-electron chi connectivity index (χ2n) is 5.26. The van der Waals surface area contributed by atoms with Crippen LogP contribution in [-0.2, 0) is 6.61 Å². The summed E-state index contributed by atoms with van der Waals surface area (Å²) in [5.41, 5.74) is 3.49. The van der Waals surface area contributed by atoms with E-state index in [1.807, 2.05) is 32.9 Å². The molecule has 0 aromatic heterocycles. The molecule has 5 heteroatoms. The molecule has 0 bridgehead atoms. The first kappa shape index (κ1) is 17.3. The number of aryl methyl sites for hydroxylation is 3. The summed E-state index contributed by atoms with van der Waals surface area (Å²) in [6, 6.07) is 8.34. The van der Waals surface area contributed by atoms with E-state index in [0.29, 0.717) is 5.75 Å². The molecular weight excluding hydrogens is 315 g/mol. The van der Waals surface area contributed by atoms with E-state index in [9.17, 15) is 9.18 Å². The number of thioether (sulfide) groups is 1. The van der Waals surface area contributed by atoms with E-state index >= 15 is 0 Å². The van der Waals surface area contributed by atoms with Crippen LogP contribution in [0, 0.1) is 26.6 Å². The van der Waals surface area contributed by atoms with E-state index < -0.39 is 11.1 Å². The second kappa shape index (κ2) is 7.51. The molecule has 0 atom stereocenters. The molecule has 0 amide bonds. The van der Waals surface area contributed by atoms with Gasteiger partial charge in [-0.3, -0.25) is 0 Å². The molecule has 2 rings (SSSR count). The third-order valence-corrected chi connectivity index (χ3v) is 4.02. The van der Waals surface area contributed by atoms with Crippen LogP contribution in [0.4, 0.5) is 9.18 Å². The third-order valence-electron chi connectivity index (χ3n) is 3.60. The van der Waals surface area contributed by atoms with Crippen molar-refractivity contribution >= 4 is 17.1 Å². The highest BCUT2D eigenvalue weighted by atomic mass is 32.2. The summed E-state index contributed by atoms with van der Waals surface area (Å²) >= 11 is 0.930. The Morgan fingerprint density at radius 3 is 2.48 bits per heavy atom. The van der Waals surface area contributed by atoms with Crippen molar-refractivity contribution in [1.82, 2.24) is 0 Å². The van der Waals surface area contributed by atoms with Crippen LogP contribution in [0.1, 0.15) is 22.3 Å². The predicted molar refractivity (Wildman–Crippen MR) is 90.9 cm³/mol. The summed E-state index contributed by atoms with van der Waals surface area (Å²) < 4.78 is 25.0. The van der Waals surface area contributed by atoms with E-state index in [0.717, 1.165) is 22.9 Å². The molecule has 0 saturated heterocycles. The zero-order valence-corrected chi connectivity index (χ0v) is 14.4. The Bertz CT molecular complexity index is 728. The first-order chi connectivity index (χ1) is 10.9. The second-order valence-corrected chi connectivity index (χ2v) is 6.00. The number of rotatable bonds is 4. The average Bonchev–Trinajstić information content (AvgIpc) is 2.51. The minimum Gasteiger partial charge on any atom is -0.488 e.